The number of hydrogen-bond acceptors (Lipinski definition) is 2. The molecule has 0 radical (unpaired) electrons. The maximum absolute atomic E-state index is 13.3. The number of nitrogens with one attached hydrogen (secondary N) is 1. The zero-order chi connectivity index (χ0) is 15.3. The number of alkyl halides is 3. The van der Waals surface area contributed by atoms with E-state index in [4.69, 9.17) is 5.73 Å². The maximum atomic E-state index is 13.3. The molecule has 0 saturated carbocycles. The lowest BCUT2D eigenvalue weighted by Crippen LogP contribution is -2.44. The van der Waals surface area contributed by atoms with Crippen LogP contribution in [0.2, 0.25) is 0 Å². The Morgan fingerprint density at radius 1 is 1.30 bits per heavy atom. The van der Waals surface area contributed by atoms with Crippen molar-refractivity contribution < 1.29 is 26.7 Å². The molecular formula is C11H12F5N3O. The largest absolute Gasteiger partial charge is 0.406 e. The number of amides is 2. The van der Waals surface area contributed by atoms with Crippen molar-refractivity contribution in [2.75, 3.05) is 25.0 Å². The molecule has 0 aromatic heterocycles. The van der Waals surface area contributed by atoms with E-state index in [-0.39, 0.29) is 13.1 Å². The van der Waals surface area contributed by atoms with Gasteiger partial charge in [-0.3, -0.25) is 0 Å². The van der Waals surface area contributed by atoms with Gasteiger partial charge in [0.1, 0.15) is 18.2 Å². The first-order chi connectivity index (χ1) is 9.23. The fraction of sp³-hybridized carbons (Fsp3) is 0.364. The molecule has 0 bridgehead atoms. The van der Waals surface area contributed by atoms with E-state index < -0.39 is 36.1 Å². The third kappa shape index (κ3) is 5.00. The smallest absolute Gasteiger partial charge is 0.329 e. The number of rotatable bonds is 4. The van der Waals surface area contributed by atoms with E-state index in [1.807, 2.05) is 5.32 Å². The van der Waals surface area contributed by atoms with Crippen molar-refractivity contribution in [1.29, 1.82) is 0 Å². The van der Waals surface area contributed by atoms with Gasteiger partial charge in [0.15, 0.2) is 0 Å². The molecule has 0 aliphatic rings. The number of nitrogens with two attached hydrogens (primary N) is 1. The Bertz CT molecular complexity index is 478. The summed E-state index contributed by atoms with van der Waals surface area (Å²) < 4.78 is 62.8. The van der Waals surface area contributed by atoms with E-state index in [2.05, 4.69) is 0 Å². The zero-order valence-corrected chi connectivity index (χ0v) is 10.2. The van der Waals surface area contributed by atoms with Crippen LogP contribution in [0.5, 0.6) is 0 Å². The summed E-state index contributed by atoms with van der Waals surface area (Å²) in [5.41, 5.74) is 4.70. The highest BCUT2D eigenvalue weighted by Crippen LogP contribution is 2.19. The normalized spacial score (nSPS) is 11.3. The highest BCUT2D eigenvalue weighted by Gasteiger charge is 2.32. The second kappa shape index (κ2) is 6.51. The van der Waals surface area contributed by atoms with E-state index >= 15 is 0 Å². The van der Waals surface area contributed by atoms with Crippen molar-refractivity contribution in [3.05, 3.63) is 29.8 Å². The molecule has 3 N–H and O–H groups in total. The van der Waals surface area contributed by atoms with Crippen molar-refractivity contribution in [1.82, 2.24) is 4.90 Å². The van der Waals surface area contributed by atoms with Gasteiger partial charge in [-0.1, -0.05) is 0 Å². The van der Waals surface area contributed by atoms with Gasteiger partial charge in [0, 0.05) is 19.2 Å². The van der Waals surface area contributed by atoms with Crippen LogP contribution in [-0.2, 0) is 0 Å². The highest BCUT2D eigenvalue weighted by atomic mass is 19.4. The first-order valence-electron chi connectivity index (χ1n) is 5.50. The number of halogens is 5. The molecule has 112 valence electrons. The summed E-state index contributed by atoms with van der Waals surface area (Å²) in [6.07, 6.45) is -4.60. The van der Waals surface area contributed by atoms with Crippen molar-refractivity contribution in [2.45, 2.75) is 6.18 Å². The molecule has 0 fully saturated rings. The second-order valence-electron chi connectivity index (χ2n) is 3.88. The predicted octanol–water partition coefficient (Wildman–Crippen LogP) is 2.32. The lowest BCUT2D eigenvalue weighted by molar-refractivity contribution is -0.139. The van der Waals surface area contributed by atoms with Crippen LogP contribution in [0.1, 0.15) is 0 Å². The minimum absolute atomic E-state index is 0.185. The summed E-state index contributed by atoms with van der Waals surface area (Å²) in [6.45, 7) is -2.05. The van der Waals surface area contributed by atoms with Crippen LogP contribution in [0.25, 0.3) is 0 Å². The van der Waals surface area contributed by atoms with Crippen LogP contribution in [0.3, 0.4) is 0 Å². The van der Waals surface area contributed by atoms with Crippen molar-refractivity contribution >= 4 is 11.7 Å². The summed E-state index contributed by atoms with van der Waals surface area (Å²) in [4.78, 5) is 12.0. The summed E-state index contributed by atoms with van der Waals surface area (Å²) in [6, 6.07) is 1.12. The summed E-state index contributed by atoms with van der Waals surface area (Å²) in [5, 5.41) is 1.93. The molecule has 0 heterocycles. The monoisotopic (exact) mass is 297 g/mol. The Labute approximate surface area is 111 Å². The number of benzene rings is 1. The van der Waals surface area contributed by atoms with E-state index in [0.717, 1.165) is 12.1 Å². The van der Waals surface area contributed by atoms with E-state index in [1.54, 1.807) is 0 Å². The fourth-order valence-corrected chi connectivity index (χ4v) is 1.41. The molecule has 0 unspecified atom stereocenters. The van der Waals surface area contributed by atoms with Crippen molar-refractivity contribution in [3.63, 3.8) is 0 Å². The van der Waals surface area contributed by atoms with Gasteiger partial charge >= 0.3 is 12.2 Å². The maximum Gasteiger partial charge on any atom is 0.406 e. The molecule has 0 atom stereocenters. The zero-order valence-electron chi connectivity index (χ0n) is 10.2. The molecule has 4 nitrogen and oxygen atoms in total. The Morgan fingerprint density at radius 2 is 1.95 bits per heavy atom. The summed E-state index contributed by atoms with van der Waals surface area (Å²) in [5.74, 6) is -1.95. The lowest BCUT2D eigenvalue weighted by atomic mass is 10.3. The van der Waals surface area contributed by atoms with Crippen LogP contribution in [0.15, 0.2) is 18.2 Å². The lowest BCUT2D eigenvalue weighted by Gasteiger charge is -2.23. The fourth-order valence-electron chi connectivity index (χ4n) is 1.41. The standard InChI is InChI=1S/C11H12F5N3O/c12-7-1-2-9(8(13)5-7)18-10(20)19(4-3-17)6-11(14,15)16/h1-2,5H,3-4,6,17H2,(H,18,20). The Morgan fingerprint density at radius 3 is 2.45 bits per heavy atom. The molecule has 1 rings (SSSR count). The average Bonchev–Trinajstić information content (AvgIpc) is 2.30. The molecule has 2 amide bonds. The van der Waals surface area contributed by atoms with Gasteiger partial charge in [0.05, 0.1) is 5.69 Å². The molecule has 1 aromatic rings. The van der Waals surface area contributed by atoms with Gasteiger partial charge in [0.2, 0.25) is 0 Å². The number of urea groups is 1. The summed E-state index contributed by atoms with van der Waals surface area (Å²) in [7, 11) is 0. The van der Waals surface area contributed by atoms with Crippen LogP contribution < -0.4 is 11.1 Å². The van der Waals surface area contributed by atoms with Gasteiger partial charge in [-0.05, 0) is 12.1 Å². The van der Waals surface area contributed by atoms with Gasteiger partial charge < -0.3 is 16.0 Å². The number of nitrogens with zero attached hydrogens (tertiary/aromatic N) is 1. The van der Waals surface area contributed by atoms with Crippen molar-refractivity contribution in [3.8, 4) is 0 Å². The van der Waals surface area contributed by atoms with Crippen molar-refractivity contribution in [2.24, 2.45) is 5.73 Å². The minimum Gasteiger partial charge on any atom is -0.329 e. The molecule has 1 aromatic carbocycles. The Kier molecular flexibility index (Phi) is 5.26. The van der Waals surface area contributed by atoms with Crippen LogP contribution in [0, 0.1) is 11.6 Å². The predicted molar refractivity (Wildman–Crippen MR) is 62.1 cm³/mol. The molecule has 0 saturated heterocycles. The Balaban J connectivity index is 2.80. The van der Waals surface area contributed by atoms with E-state index in [9.17, 15) is 26.7 Å². The third-order valence-corrected chi connectivity index (χ3v) is 2.23. The SMILES string of the molecule is NCCN(CC(F)(F)F)C(=O)Nc1ccc(F)cc1F. The average molecular weight is 297 g/mol. The number of hydrogen-bond donors (Lipinski definition) is 2. The van der Waals surface area contributed by atoms with Gasteiger partial charge in [0.25, 0.3) is 0 Å². The first kappa shape index (κ1) is 16.2. The quantitative estimate of drug-likeness (QED) is 0.838. The van der Waals surface area contributed by atoms with Gasteiger partial charge in [-0.15, -0.1) is 0 Å². The Hall–Kier alpha value is -1.90. The number of carbonyl (C=O) groups excluding carboxylic acids is 1. The van der Waals surface area contributed by atoms with Crippen LogP contribution in [-0.4, -0.2) is 36.7 Å². The number of anilines is 1. The highest BCUT2D eigenvalue weighted by molar-refractivity contribution is 5.89. The first-order valence-corrected chi connectivity index (χ1v) is 5.50. The minimum atomic E-state index is -4.60. The second-order valence-corrected chi connectivity index (χ2v) is 3.88. The number of carbonyl (C=O) groups is 1. The van der Waals surface area contributed by atoms with E-state index in [1.165, 1.54) is 0 Å². The molecule has 0 spiro atoms. The van der Waals surface area contributed by atoms with Gasteiger partial charge in [-0.25, -0.2) is 13.6 Å². The van der Waals surface area contributed by atoms with Gasteiger partial charge in [-0.2, -0.15) is 13.2 Å². The molecular weight excluding hydrogens is 285 g/mol. The topological polar surface area (TPSA) is 58.4 Å². The molecule has 0 aliphatic carbocycles. The third-order valence-electron chi connectivity index (χ3n) is 2.23. The van der Waals surface area contributed by atoms with Crippen LogP contribution >= 0.6 is 0 Å². The summed E-state index contributed by atoms with van der Waals surface area (Å²) >= 11 is 0. The molecule has 0 aliphatic heterocycles. The molecule has 9 heteroatoms. The van der Waals surface area contributed by atoms with Crippen LogP contribution in [0.4, 0.5) is 32.4 Å². The van der Waals surface area contributed by atoms with E-state index in [0.29, 0.717) is 11.0 Å². The molecule has 20 heavy (non-hydrogen) atoms.